The Bertz CT molecular complexity index is 348. The monoisotopic (exact) mass is 233 g/mol. The first-order valence-corrected chi connectivity index (χ1v) is 5.81. The van der Waals surface area contributed by atoms with E-state index in [4.69, 9.17) is 10.5 Å². The summed E-state index contributed by atoms with van der Waals surface area (Å²) in [4.78, 5) is 11.5. The van der Waals surface area contributed by atoms with Crippen LogP contribution in [0, 0.1) is 0 Å². The van der Waals surface area contributed by atoms with Gasteiger partial charge in [-0.25, -0.2) is 0 Å². The van der Waals surface area contributed by atoms with Crippen molar-refractivity contribution in [1.82, 2.24) is 0 Å². The summed E-state index contributed by atoms with van der Waals surface area (Å²) in [6, 6.07) is 9.11. The molecule has 1 atom stereocenters. The van der Waals surface area contributed by atoms with Crippen LogP contribution in [-0.4, -0.2) is 18.6 Å². The van der Waals surface area contributed by atoms with Gasteiger partial charge in [0.2, 0.25) is 0 Å². The number of esters is 1. The zero-order valence-electron chi connectivity index (χ0n) is 9.97. The van der Waals surface area contributed by atoms with Crippen molar-refractivity contribution in [1.29, 1.82) is 0 Å². The van der Waals surface area contributed by atoms with Gasteiger partial charge in [0.1, 0.15) is 6.04 Å². The van der Waals surface area contributed by atoms with Crippen molar-refractivity contribution < 1.29 is 9.53 Å². The van der Waals surface area contributed by atoms with Gasteiger partial charge in [0.15, 0.2) is 0 Å². The highest BCUT2D eigenvalue weighted by Crippen LogP contribution is 2.03. The van der Waals surface area contributed by atoms with Gasteiger partial charge in [-0.3, -0.25) is 4.79 Å². The molecule has 0 amide bonds. The summed E-state index contributed by atoms with van der Waals surface area (Å²) < 4.78 is 5.07. The summed E-state index contributed by atoms with van der Waals surface area (Å²) in [6.07, 6.45) is 3.97. The van der Waals surface area contributed by atoms with Gasteiger partial charge in [-0.15, -0.1) is 6.58 Å². The Morgan fingerprint density at radius 3 is 2.76 bits per heavy atom. The molecule has 0 radical (unpaired) electrons. The minimum Gasteiger partial charge on any atom is -0.465 e. The van der Waals surface area contributed by atoms with Gasteiger partial charge in [-0.1, -0.05) is 36.4 Å². The van der Waals surface area contributed by atoms with E-state index in [1.807, 2.05) is 30.3 Å². The largest absolute Gasteiger partial charge is 0.465 e. The molecule has 0 aliphatic rings. The molecule has 0 bridgehead atoms. The number of hydrogen-bond acceptors (Lipinski definition) is 3. The minimum absolute atomic E-state index is 0.335. The van der Waals surface area contributed by atoms with Crippen molar-refractivity contribution >= 4 is 5.97 Å². The molecule has 0 saturated heterocycles. The molecule has 1 rings (SSSR count). The molecule has 3 heteroatoms. The predicted octanol–water partition coefficient (Wildman–Crippen LogP) is 2.07. The topological polar surface area (TPSA) is 52.3 Å². The predicted molar refractivity (Wildman–Crippen MR) is 68.5 cm³/mol. The SMILES string of the molecule is C=CCCCOC(=O)[C@@H](N)Cc1ccccc1. The number of benzene rings is 1. The van der Waals surface area contributed by atoms with E-state index in [0.29, 0.717) is 13.0 Å². The van der Waals surface area contributed by atoms with E-state index in [1.54, 1.807) is 6.08 Å². The van der Waals surface area contributed by atoms with Crippen molar-refractivity contribution in [2.45, 2.75) is 25.3 Å². The first-order chi connectivity index (χ1) is 8.24. The molecule has 0 aliphatic heterocycles. The maximum absolute atomic E-state index is 11.5. The third kappa shape index (κ3) is 5.31. The van der Waals surface area contributed by atoms with Crippen LogP contribution < -0.4 is 5.73 Å². The second kappa shape index (κ2) is 7.63. The van der Waals surface area contributed by atoms with Gasteiger partial charge in [0, 0.05) is 0 Å². The van der Waals surface area contributed by atoms with Crippen molar-refractivity contribution in [3.05, 3.63) is 48.6 Å². The Balaban J connectivity index is 2.29. The Morgan fingerprint density at radius 1 is 1.41 bits per heavy atom. The van der Waals surface area contributed by atoms with Gasteiger partial charge in [0.05, 0.1) is 6.61 Å². The van der Waals surface area contributed by atoms with E-state index < -0.39 is 6.04 Å². The second-order valence-corrected chi connectivity index (χ2v) is 3.89. The third-order valence-electron chi connectivity index (χ3n) is 2.40. The van der Waals surface area contributed by atoms with Crippen LogP contribution >= 0.6 is 0 Å². The zero-order valence-corrected chi connectivity index (χ0v) is 9.97. The molecule has 1 aromatic rings. The number of nitrogens with two attached hydrogens (primary N) is 1. The molecule has 0 heterocycles. The summed E-state index contributed by atoms with van der Waals surface area (Å²) in [5, 5.41) is 0. The molecule has 0 aliphatic carbocycles. The highest BCUT2D eigenvalue weighted by molar-refractivity contribution is 5.75. The number of allylic oxidation sites excluding steroid dienone is 1. The molecule has 0 aromatic heterocycles. The molecular weight excluding hydrogens is 214 g/mol. The molecule has 1 aromatic carbocycles. The van der Waals surface area contributed by atoms with Crippen LogP contribution in [0.2, 0.25) is 0 Å². The van der Waals surface area contributed by atoms with Gasteiger partial charge in [-0.2, -0.15) is 0 Å². The fraction of sp³-hybridized carbons (Fsp3) is 0.357. The average molecular weight is 233 g/mol. The number of unbranched alkanes of at least 4 members (excludes halogenated alkanes) is 1. The van der Waals surface area contributed by atoms with Crippen LogP contribution in [0.3, 0.4) is 0 Å². The lowest BCUT2D eigenvalue weighted by Crippen LogP contribution is -2.34. The summed E-state index contributed by atoms with van der Waals surface area (Å²) in [5.74, 6) is -0.335. The van der Waals surface area contributed by atoms with Crippen molar-refractivity contribution in [2.24, 2.45) is 5.73 Å². The van der Waals surface area contributed by atoms with Crippen LogP contribution in [-0.2, 0) is 16.0 Å². The fourth-order valence-electron chi connectivity index (χ4n) is 1.46. The molecule has 0 fully saturated rings. The average Bonchev–Trinajstić information content (AvgIpc) is 2.35. The first-order valence-electron chi connectivity index (χ1n) is 5.81. The first kappa shape index (κ1) is 13.5. The van der Waals surface area contributed by atoms with Crippen LogP contribution in [0.1, 0.15) is 18.4 Å². The standard InChI is InChI=1S/C14H19NO2/c1-2-3-7-10-17-14(16)13(15)11-12-8-5-4-6-9-12/h2,4-6,8-9,13H,1,3,7,10-11,15H2/t13-/m0/s1. The summed E-state index contributed by atoms with van der Waals surface area (Å²) in [5.41, 5.74) is 6.81. The molecule has 3 nitrogen and oxygen atoms in total. The van der Waals surface area contributed by atoms with Crippen LogP contribution in [0.15, 0.2) is 43.0 Å². The Kier molecular flexibility index (Phi) is 6.04. The van der Waals surface area contributed by atoms with E-state index >= 15 is 0 Å². The quantitative estimate of drug-likeness (QED) is 0.445. The summed E-state index contributed by atoms with van der Waals surface area (Å²) in [7, 11) is 0. The molecule has 0 spiro atoms. The number of carbonyl (C=O) groups is 1. The molecule has 17 heavy (non-hydrogen) atoms. The zero-order chi connectivity index (χ0) is 12.5. The fourth-order valence-corrected chi connectivity index (χ4v) is 1.46. The van der Waals surface area contributed by atoms with E-state index in [1.165, 1.54) is 0 Å². The van der Waals surface area contributed by atoms with E-state index in [0.717, 1.165) is 18.4 Å². The van der Waals surface area contributed by atoms with Gasteiger partial charge in [0.25, 0.3) is 0 Å². The van der Waals surface area contributed by atoms with Crippen molar-refractivity contribution in [3.8, 4) is 0 Å². The Morgan fingerprint density at radius 2 is 2.12 bits per heavy atom. The second-order valence-electron chi connectivity index (χ2n) is 3.89. The lowest BCUT2D eigenvalue weighted by Gasteiger charge is -2.11. The maximum Gasteiger partial charge on any atom is 0.323 e. The summed E-state index contributed by atoms with van der Waals surface area (Å²) >= 11 is 0. The van der Waals surface area contributed by atoms with Gasteiger partial charge in [-0.05, 0) is 24.8 Å². The minimum atomic E-state index is -0.582. The van der Waals surface area contributed by atoms with E-state index in [-0.39, 0.29) is 5.97 Å². The van der Waals surface area contributed by atoms with Crippen LogP contribution in [0.25, 0.3) is 0 Å². The summed E-state index contributed by atoms with van der Waals surface area (Å²) in [6.45, 7) is 4.01. The Labute approximate surface area is 102 Å². The van der Waals surface area contributed by atoms with E-state index in [9.17, 15) is 4.79 Å². The van der Waals surface area contributed by atoms with Crippen LogP contribution in [0.5, 0.6) is 0 Å². The van der Waals surface area contributed by atoms with Crippen LogP contribution in [0.4, 0.5) is 0 Å². The van der Waals surface area contributed by atoms with Gasteiger partial charge < -0.3 is 10.5 Å². The number of rotatable bonds is 7. The maximum atomic E-state index is 11.5. The van der Waals surface area contributed by atoms with Gasteiger partial charge >= 0.3 is 5.97 Å². The molecule has 92 valence electrons. The third-order valence-corrected chi connectivity index (χ3v) is 2.40. The van der Waals surface area contributed by atoms with Crippen molar-refractivity contribution in [3.63, 3.8) is 0 Å². The van der Waals surface area contributed by atoms with Crippen molar-refractivity contribution in [2.75, 3.05) is 6.61 Å². The lowest BCUT2D eigenvalue weighted by molar-refractivity contribution is -0.145. The molecular formula is C14H19NO2. The highest BCUT2D eigenvalue weighted by Gasteiger charge is 2.14. The number of carbonyl (C=O) groups excluding carboxylic acids is 1. The van der Waals surface area contributed by atoms with E-state index in [2.05, 4.69) is 6.58 Å². The molecule has 0 saturated carbocycles. The molecule has 0 unspecified atom stereocenters. The number of ether oxygens (including phenoxy) is 1. The smallest absolute Gasteiger partial charge is 0.323 e. The Hall–Kier alpha value is -1.61. The number of hydrogen-bond donors (Lipinski definition) is 1. The normalized spacial score (nSPS) is 11.8. The highest BCUT2D eigenvalue weighted by atomic mass is 16.5. The lowest BCUT2D eigenvalue weighted by atomic mass is 10.1. The molecule has 2 N–H and O–H groups in total.